The Morgan fingerprint density at radius 2 is 2.42 bits per heavy atom. The molecule has 0 fully saturated rings. The van der Waals surface area contributed by atoms with Gasteiger partial charge in [-0.1, -0.05) is 17.7 Å². The molecule has 1 heteroatoms. The highest BCUT2D eigenvalue weighted by atomic mass is 35.5. The molecule has 1 aliphatic carbocycles. The van der Waals surface area contributed by atoms with E-state index >= 15 is 0 Å². The van der Waals surface area contributed by atoms with Crippen molar-refractivity contribution in [2.45, 2.75) is 32.1 Å². The van der Waals surface area contributed by atoms with Crippen molar-refractivity contribution in [1.82, 2.24) is 0 Å². The molecule has 0 aromatic heterocycles. The predicted octanol–water partition coefficient (Wildman–Crippen LogP) is 3.92. The van der Waals surface area contributed by atoms with Crippen molar-refractivity contribution >= 4 is 11.6 Å². The first-order valence-electron chi connectivity index (χ1n) is 4.74. The maximum absolute atomic E-state index is 5.89. The van der Waals surface area contributed by atoms with Crippen LogP contribution < -0.4 is 0 Å². The maximum atomic E-state index is 5.89. The van der Waals surface area contributed by atoms with Crippen LogP contribution in [0.4, 0.5) is 0 Å². The summed E-state index contributed by atoms with van der Waals surface area (Å²) in [6.45, 7) is 3.76. The van der Waals surface area contributed by atoms with E-state index in [-0.39, 0.29) is 0 Å². The van der Waals surface area contributed by atoms with Gasteiger partial charge in [-0.05, 0) is 38.0 Å². The molecule has 68 valence electrons. The fourth-order valence-electron chi connectivity index (χ4n) is 1.75. The van der Waals surface area contributed by atoms with E-state index in [0.717, 1.165) is 12.3 Å². The number of rotatable bonds is 4. The molecule has 1 aliphatic rings. The monoisotopic (exact) mass is 184 g/mol. The van der Waals surface area contributed by atoms with Crippen molar-refractivity contribution in [3.05, 3.63) is 24.3 Å². The topological polar surface area (TPSA) is 0 Å². The minimum absolute atomic E-state index is 0.560. The van der Waals surface area contributed by atoms with E-state index in [1.807, 2.05) is 6.08 Å². The Labute approximate surface area is 80.3 Å². The molecule has 0 saturated heterocycles. The molecule has 0 bridgehead atoms. The van der Waals surface area contributed by atoms with Crippen LogP contribution >= 0.6 is 11.6 Å². The van der Waals surface area contributed by atoms with E-state index in [2.05, 4.69) is 12.7 Å². The lowest BCUT2D eigenvalue weighted by Gasteiger charge is -2.19. The summed E-state index contributed by atoms with van der Waals surface area (Å²) in [5.41, 5.74) is 1.57. The quantitative estimate of drug-likeness (QED) is 0.459. The van der Waals surface area contributed by atoms with E-state index < -0.39 is 0 Å². The summed E-state index contributed by atoms with van der Waals surface area (Å²) in [6, 6.07) is 0. The number of hydrogen-bond donors (Lipinski definition) is 0. The third-order valence-electron chi connectivity index (χ3n) is 2.49. The molecule has 0 heterocycles. The number of alkyl halides is 1. The molecular weight excluding hydrogens is 168 g/mol. The van der Waals surface area contributed by atoms with E-state index in [1.54, 1.807) is 5.57 Å². The average molecular weight is 185 g/mol. The predicted molar refractivity (Wildman–Crippen MR) is 55.6 cm³/mol. The molecular formula is C11H17Cl. The Balaban J connectivity index is 2.50. The van der Waals surface area contributed by atoms with Crippen molar-refractivity contribution < 1.29 is 0 Å². The van der Waals surface area contributed by atoms with Crippen molar-refractivity contribution in [2.24, 2.45) is 5.92 Å². The van der Waals surface area contributed by atoms with Gasteiger partial charge in [-0.25, -0.2) is 0 Å². The van der Waals surface area contributed by atoms with Crippen LogP contribution in [0.1, 0.15) is 32.1 Å². The standard InChI is InChI=1S/C11H17Cl/c1-2-6-11(9-12)10-7-4-3-5-8-10/h2,7,11H,1,3-6,8-9H2. The van der Waals surface area contributed by atoms with Gasteiger partial charge in [0.2, 0.25) is 0 Å². The third kappa shape index (κ3) is 2.67. The summed E-state index contributed by atoms with van der Waals surface area (Å²) in [4.78, 5) is 0. The van der Waals surface area contributed by atoms with Crippen LogP contribution in [-0.2, 0) is 0 Å². The Morgan fingerprint density at radius 1 is 1.58 bits per heavy atom. The Morgan fingerprint density at radius 3 is 2.92 bits per heavy atom. The maximum Gasteiger partial charge on any atom is 0.0291 e. The zero-order valence-corrected chi connectivity index (χ0v) is 8.32. The second-order valence-corrected chi connectivity index (χ2v) is 3.71. The summed E-state index contributed by atoms with van der Waals surface area (Å²) >= 11 is 5.89. The molecule has 0 aromatic rings. The fourth-order valence-corrected chi connectivity index (χ4v) is 2.07. The highest BCUT2D eigenvalue weighted by Crippen LogP contribution is 2.27. The first-order chi connectivity index (χ1) is 5.88. The Bertz CT molecular complexity index is 170. The lowest BCUT2D eigenvalue weighted by atomic mass is 9.88. The van der Waals surface area contributed by atoms with Crippen LogP contribution in [0.25, 0.3) is 0 Å². The van der Waals surface area contributed by atoms with Crippen LogP contribution in [0.2, 0.25) is 0 Å². The van der Waals surface area contributed by atoms with Crippen LogP contribution in [0.15, 0.2) is 24.3 Å². The van der Waals surface area contributed by atoms with Gasteiger partial charge in [-0.15, -0.1) is 18.2 Å². The van der Waals surface area contributed by atoms with Gasteiger partial charge in [-0.2, -0.15) is 0 Å². The number of hydrogen-bond acceptors (Lipinski definition) is 0. The normalized spacial score (nSPS) is 19.9. The Kier molecular flexibility index (Phi) is 4.45. The molecule has 0 nitrogen and oxygen atoms in total. The van der Waals surface area contributed by atoms with Gasteiger partial charge < -0.3 is 0 Å². The SMILES string of the molecule is C=CCC(CCl)C1=CCCCC1. The highest BCUT2D eigenvalue weighted by Gasteiger charge is 2.13. The first-order valence-corrected chi connectivity index (χ1v) is 5.27. The first kappa shape index (κ1) is 9.85. The zero-order valence-electron chi connectivity index (χ0n) is 7.56. The molecule has 0 saturated carbocycles. The largest absolute Gasteiger partial charge is 0.126 e. The van der Waals surface area contributed by atoms with Crippen LogP contribution in [0.5, 0.6) is 0 Å². The molecule has 0 radical (unpaired) electrons. The highest BCUT2D eigenvalue weighted by molar-refractivity contribution is 6.18. The molecule has 0 aromatic carbocycles. The lowest BCUT2D eigenvalue weighted by Crippen LogP contribution is -2.07. The molecule has 1 unspecified atom stereocenters. The minimum Gasteiger partial charge on any atom is -0.126 e. The molecule has 1 rings (SSSR count). The Hall–Kier alpha value is -0.230. The molecule has 0 amide bonds. The number of allylic oxidation sites excluding steroid dienone is 3. The number of halogens is 1. The zero-order chi connectivity index (χ0) is 8.81. The van der Waals surface area contributed by atoms with Crippen molar-refractivity contribution in [3.63, 3.8) is 0 Å². The molecule has 1 atom stereocenters. The summed E-state index contributed by atoms with van der Waals surface area (Å²) in [5.74, 6) is 1.31. The second-order valence-electron chi connectivity index (χ2n) is 3.40. The van der Waals surface area contributed by atoms with Gasteiger partial charge in [0.05, 0.1) is 0 Å². The minimum atomic E-state index is 0.560. The fraction of sp³-hybridized carbons (Fsp3) is 0.636. The van der Waals surface area contributed by atoms with Crippen molar-refractivity contribution in [1.29, 1.82) is 0 Å². The van der Waals surface area contributed by atoms with E-state index in [4.69, 9.17) is 11.6 Å². The van der Waals surface area contributed by atoms with Crippen LogP contribution in [0, 0.1) is 5.92 Å². The molecule has 0 aliphatic heterocycles. The summed E-state index contributed by atoms with van der Waals surface area (Å²) in [6.07, 6.45) is 10.6. The van der Waals surface area contributed by atoms with Gasteiger partial charge in [0, 0.05) is 5.88 Å². The summed E-state index contributed by atoms with van der Waals surface area (Å²) < 4.78 is 0. The van der Waals surface area contributed by atoms with Crippen molar-refractivity contribution in [3.8, 4) is 0 Å². The lowest BCUT2D eigenvalue weighted by molar-refractivity contribution is 0.596. The second kappa shape index (κ2) is 5.42. The third-order valence-corrected chi connectivity index (χ3v) is 2.86. The molecule has 0 N–H and O–H groups in total. The van der Waals surface area contributed by atoms with Gasteiger partial charge in [-0.3, -0.25) is 0 Å². The van der Waals surface area contributed by atoms with Crippen LogP contribution in [0.3, 0.4) is 0 Å². The van der Waals surface area contributed by atoms with E-state index in [0.29, 0.717) is 5.92 Å². The smallest absolute Gasteiger partial charge is 0.0291 e. The molecule has 0 spiro atoms. The molecule has 12 heavy (non-hydrogen) atoms. The van der Waals surface area contributed by atoms with Gasteiger partial charge in [0.15, 0.2) is 0 Å². The van der Waals surface area contributed by atoms with Gasteiger partial charge in [0.1, 0.15) is 0 Å². The van der Waals surface area contributed by atoms with Gasteiger partial charge in [0.25, 0.3) is 0 Å². The average Bonchev–Trinajstić information content (AvgIpc) is 2.15. The van der Waals surface area contributed by atoms with Crippen molar-refractivity contribution in [2.75, 3.05) is 5.88 Å². The van der Waals surface area contributed by atoms with Gasteiger partial charge >= 0.3 is 0 Å². The summed E-state index contributed by atoms with van der Waals surface area (Å²) in [7, 11) is 0. The van der Waals surface area contributed by atoms with Crippen LogP contribution in [-0.4, -0.2) is 5.88 Å². The van der Waals surface area contributed by atoms with E-state index in [1.165, 1.54) is 25.7 Å². The van der Waals surface area contributed by atoms with E-state index in [9.17, 15) is 0 Å². The summed E-state index contributed by atoms with van der Waals surface area (Å²) in [5, 5.41) is 0.